The lowest BCUT2D eigenvalue weighted by Gasteiger charge is -2.38. The number of rotatable bonds is 4. The summed E-state index contributed by atoms with van der Waals surface area (Å²) in [4.78, 5) is 14.1. The molecule has 0 saturated carbocycles. The summed E-state index contributed by atoms with van der Waals surface area (Å²) in [6, 6.07) is 1.99. The highest BCUT2D eigenvalue weighted by Gasteiger charge is 2.28. The van der Waals surface area contributed by atoms with E-state index in [-0.39, 0.29) is 24.4 Å². The van der Waals surface area contributed by atoms with Gasteiger partial charge in [-0.05, 0) is 32.2 Å². The number of hydrogen-bond donors (Lipinski definition) is 2. The number of anilines is 1. The van der Waals surface area contributed by atoms with E-state index in [4.69, 9.17) is 10.3 Å². The van der Waals surface area contributed by atoms with Gasteiger partial charge in [-0.1, -0.05) is 12.1 Å². The fourth-order valence-corrected chi connectivity index (χ4v) is 2.70. The Labute approximate surface area is 125 Å². The fourth-order valence-electron chi connectivity index (χ4n) is 2.70. The summed E-state index contributed by atoms with van der Waals surface area (Å²) in [7, 11) is 0. The number of likely N-dealkylation sites (tertiary alicyclic amines) is 1. The third-order valence-electron chi connectivity index (χ3n) is 3.71. The van der Waals surface area contributed by atoms with E-state index in [1.54, 1.807) is 6.07 Å². The first-order valence-electron chi connectivity index (χ1n) is 6.77. The highest BCUT2D eigenvalue weighted by molar-refractivity contribution is 5.91. The number of nitrogens with zero attached hydrogens (tertiary/aromatic N) is 2. The molecule has 2 heterocycles. The standard InChI is InChI=1S/C13H22N4O2.ClH/c1-9-4-3-5-17(11(9)7-14)8-12(18)15-13-6-10(2)16-19-13;/h6,9,11H,3-5,7-8,14H2,1-2H3,(H,15,18);1H. The summed E-state index contributed by atoms with van der Waals surface area (Å²) in [5.74, 6) is 0.861. The molecule has 1 aromatic heterocycles. The largest absolute Gasteiger partial charge is 0.338 e. The van der Waals surface area contributed by atoms with Crippen LogP contribution in [0.1, 0.15) is 25.5 Å². The van der Waals surface area contributed by atoms with Gasteiger partial charge in [0.1, 0.15) is 0 Å². The molecule has 2 atom stereocenters. The van der Waals surface area contributed by atoms with Crippen LogP contribution in [0.25, 0.3) is 0 Å². The molecule has 1 fully saturated rings. The predicted molar refractivity (Wildman–Crippen MR) is 79.9 cm³/mol. The lowest BCUT2D eigenvalue weighted by Crippen LogP contribution is -2.51. The molecule has 1 aliphatic heterocycles. The zero-order valence-electron chi connectivity index (χ0n) is 12.0. The number of nitrogens with two attached hydrogens (primary N) is 1. The molecule has 1 amide bonds. The smallest absolute Gasteiger partial charge is 0.240 e. The minimum absolute atomic E-state index is 0. The Morgan fingerprint density at radius 3 is 3.00 bits per heavy atom. The van der Waals surface area contributed by atoms with Crippen molar-refractivity contribution >= 4 is 24.2 Å². The lowest BCUT2D eigenvalue weighted by molar-refractivity contribution is -0.118. The maximum Gasteiger partial charge on any atom is 0.240 e. The molecule has 2 unspecified atom stereocenters. The maximum absolute atomic E-state index is 12.0. The highest BCUT2D eigenvalue weighted by Crippen LogP contribution is 2.22. The highest BCUT2D eigenvalue weighted by atomic mass is 35.5. The second-order valence-electron chi connectivity index (χ2n) is 5.27. The molecule has 114 valence electrons. The minimum Gasteiger partial charge on any atom is -0.338 e. The molecule has 0 radical (unpaired) electrons. The first-order chi connectivity index (χ1) is 9.10. The second kappa shape index (κ2) is 7.61. The van der Waals surface area contributed by atoms with Crippen LogP contribution in [0.3, 0.4) is 0 Å². The van der Waals surface area contributed by atoms with Crippen molar-refractivity contribution in [3.05, 3.63) is 11.8 Å². The molecular formula is C13H23ClN4O2. The zero-order valence-corrected chi connectivity index (χ0v) is 12.8. The van der Waals surface area contributed by atoms with E-state index >= 15 is 0 Å². The molecular weight excluding hydrogens is 280 g/mol. The van der Waals surface area contributed by atoms with Gasteiger partial charge in [-0.3, -0.25) is 15.0 Å². The van der Waals surface area contributed by atoms with Gasteiger partial charge >= 0.3 is 0 Å². The van der Waals surface area contributed by atoms with E-state index in [9.17, 15) is 4.79 Å². The van der Waals surface area contributed by atoms with Crippen LogP contribution in [-0.2, 0) is 4.79 Å². The normalized spacial score (nSPS) is 23.1. The van der Waals surface area contributed by atoms with Crippen molar-refractivity contribution in [2.75, 3.05) is 25.0 Å². The molecule has 6 nitrogen and oxygen atoms in total. The number of halogens is 1. The van der Waals surface area contributed by atoms with Crippen molar-refractivity contribution in [1.29, 1.82) is 0 Å². The Morgan fingerprint density at radius 1 is 1.65 bits per heavy atom. The lowest BCUT2D eigenvalue weighted by atomic mass is 9.91. The van der Waals surface area contributed by atoms with Crippen LogP contribution in [0, 0.1) is 12.8 Å². The van der Waals surface area contributed by atoms with Crippen molar-refractivity contribution < 1.29 is 9.32 Å². The van der Waals surface area contributed by atoms with Gasteiger partial charge in [0.05, 0.1) is 12.2 Å². The molecule has 3 N–H and O–H groups in total. The van der Waals surface area contributed by atoms with Crippen LogP contribution in [-0.4, -0.2) is 41.6 Å². The first-order valence-corrected chi connectivity index (χ1v) is 6.77. The predicted octanol–water partition coefficient (Wildman–Crippen LogP) is 1.40. The third-order valence-corrected chi connectivity index (χ3v) is 3.71. The summed E-state index contributed by atoms with van der Waals surface area (Å²) in [5.41, 5.74) is 6.57. The summed E-state index contributed by atoms with van der Waals surface area (Å²) >= 11 is 0. The average Bonchev–Trinajstić information content (AvgIpc) is 2.75. The van der Waals surface area contributed by atoms with E-state index < -0.39 is 0 Å². The van der Waals surface area contributed by atoms with Crippen LogP contribution < -0.4 is 11.1 Å². The zero-order chi connectivity index (χ0) is 13.8. The molecule has 0 bridgehead atoms. The Bertz CT molecular complexity index is 438. The summed E-state index contributed by atoms with van der Waals surface area (Å²) < 4.78 is 4.97. The molecule has 0 aliphatic carbocycles. The Kier molecular flexibility index (Phi) is 6.45. The van der Waals surface area contributed by atoms with Gasteiger partial charge in [-0.15, -0.1) is 12.4 Å². The van der Waals surface area contributed by atoms with Gasteiger partial charge in [-0.2, -0.15) is 0 Å². The molecule has 1 aliphatic rings. The minimum atomic E-state index is -0.0799. The van der Waals surface area contributed by atoms with Gasteiger partial charge in [0.25, 0.3) is 0 Å². The fraction of sp³-hybridized carbons (Fsp3) is 0.692. The Morgan fingerprint density at radius 2 is 2.40 bits per heavy atom. The van der Waals surface area contributed by atoms with Gasteiger partial charge in [0.15, 0.2) is 0 Å². The number of carbonyl (C=O) groups excluding carboxylic acids is 1. The molecule has 7 heteroatoms. The first kappa shape index (κ1) is 16.9. The third kappa shape index (κ3) is 4.19. The molecule has 20 heavy (non-hydrogen) atoms. The van der Waals surface area contributed by atoms with E-state index in [1.165, 1.54) is 6.42 Å². The number of hydrogen-bond acceptors (Lipinski definition) is 5. The van der Waals surface area contributed by atoms with E-state index in [0.717, 1.165) is 18.7 Å². The Balaban J connectivity index is 0.00000200. The monoisotopic (exact) mass is 302 g/mol. The molecule has 0 spiro atoms. The van der Waals surface area contributed by atoms with Crippen LogP contribution in [0.15, 0.2) is 10.6 Å². The quantitative estimate of drug-likeness (QED) is 0.878. The van der Waals surface area contributed by atoms with Crippen molar-refractivity contribution in [2.45, 2.75) is 32.7 Å². The van der Waals surface area contributed by atoms with Crippen LogP contribution in [0.2, 0.25) is 0 Å². The number of nitrogens with one attached hydrogen (secondary N) is 1. The molecule has 0 aromatic carbocycles. The van der Waals surface area contributed by atoms with Crippen molar-refractivity contribution in [1.82, 2.24) is 10.1 Å². The van der Waals surface area contributed by atoms with E-state index in [1.807, 2.05) is 6.92 Å². The number of amides is 1. The topological polar surface area (TPSA) is 84.4 Å². The van der Waals surface area contributed by atoms with Crippen LogP contribution in [0.5, 0.6) is 0 Å². The molecule has 1 aromatic rings. The molecule has 2 rings (SSSR count). The second-order valence-corrected chi connectivity index (χ2v) is 5.27. The number of aromatic nitrogens is 1. The van der Waals surface area contributed by atoms with Crippen molar-refractivity contribution in [2.24, 2.45) is 11.7 Å². The van der Waals surface area contributed by atoms with Crippen molar-refractivity contribution in [3.8, 4) is 0 Å². The molecule has 1 saturated heterocycles. The van der Waals surface area contributed by atoms with Crippen LogP contribution >= 0.6 is 12.4 Å². The van der Waals surface area contributed by atoms with Crippen LogP contribution in [0.4, 0.5) is 5.88 Å². The summed E-state index contributed by atoms with van der Waals surface area (Å²) in [5, 5.41) is 6.46. The summed E-state index contributed by atoms with van der Waals surface area (Å²) in [6.07, 6.45) is 2.30. The van der Waals surface area contributed by atoms with E-state index in [0.29, 0.717) is 24.9 Å². The van der Waals surface area contributed by atoms with Gasteiger partial charge in [-0.25, -0.2) is 0 Å². The maximum atomic E-state index is 12.0. The SMILES string of the molecule is Cc1cc(NC(=O)CN2CCCC(C)C2CN)on1.Cl. The van der Waals surface area contributed by atoms with Gasteiger partial charge < -0.3 is 10.3 Å². The van der Waals surface area contributed by atoms with Gasteiger partial charge in [0, 0.05) is 18.7 Å². The number of carbonyl (C=O) groups is 1. The number of aryl methyl sites for hydroxylation is 1. The Hall–Kier alpha value is -1.11. The average molecular weight is 303 g/mol. The van der Waals surface area contributed by atoms with Gasteiger partial charge in [0.2, 0.25) is 11.8 Å². The van der Waals surface area contributed by atoms with Crippen molar-refractivity contribution in [3.63, 3.8) is 0 Å². The summed E-state index contributed by atoms with van der Waals surface area (Å²) in [6.45, 7) is 5.88. The van der Waals surface area contributed by atoms with E-state index in [2.05, 4.69) is 22.3 Å². The number of piperidine rings is 1.